The van der Waals surface area contributed by atoms with Gasteiger partial charge in [0.05, 0.1) is 7.11 Å². The van der Waals surface area contributed by atoms with E-state index < -0.39 is 5.97 Å². The maximum absolute atomic E-state index is 11.6. The van der Waals surface area contributed by atoms with Crippen molar-refractivity contribution in [3.8, 4) is 0 Å². The third-order valence-corrected chi connectivity index (χ3v) is 2.88. The van der Waals surface area contributed by atoms with E-state index in [1.807, 2.05) is 25.1 Å². The maximum atomic E-state index is 11.6. The fourth-order valence-electron chi connectivity index (χ4n) is 1.63. The van der Waals surface area contributed by atoms with Crippen molar-refractivity contribution in [3.05, 3.63) is 46.3 Å². The molecular weight excluding hydrogens is 310 g/mol. The van der Waals surface area contributed by atoms with Gasteiger partial charge in [-0.25, -0.2) is 14.8 Å². The first kappa shape index (κ1) is 13.5. The fourth-order valence-corrected chi connectivity index (χ4v) is 2.24. The van der Waals surface area contributed by atoms with Gasteiger partial charge < -0.3 is 10.1 Å². The molecule has 5 nitrogen and oxygen atoms in total. The number of nitrogens with zero attached hydrogens (tertiary/aromatic N) is 2. The highest BCUT2D eigenvalue weighted by atomic mass is 79.9. The van der Waals surface area contributed by atoms with Gasteiger partial charge in [0.25, 0.3) is 0 Å². The molecule has 0 saturated carbocycles. The summed E-state index contributed by atoms with van der Waals surface area (Å²) < 4.78 is 5.64. The lowest BCUT2D eigenvalue weighted by Gasteiger charge is -2.10. The molecule has 0 unspecified atom stereocenters. The van der Waals surface area contributed by atoms with Crippen LogP contribution in [0.5, 0.6) is 0 Å². The van der Waals surface area contributed by atoms with Crippen LogP contribution in [0.15, 0.2) is 35.2 Å². The van der Waals surface area contributed by atoms with Crippen molar-refractivity contribution in [3.63, 3.8) is 0 Å². The molecule has 0 radical (unpaired) electrons. The van der Waals surface area contributed by atoms with Crippen molar-refractivity contribution in [2.24, 2.45) is 0 Å². The Kier molecular flexibility index (Phi) is 4.11. The summed E-state index contributed by atoms with van der Waals surface area (Å²) in [6.07, 6.45) is 2.80. The van der Waals surface area contributed by atoms with Gasteiger partial charge in [0, 0.05) is 16.4 Å². The third-order valence-electron chi connectivity index (χ3n) is 2.42. The number of halogens is 1. The SMILES string of the molecule is COC(=O)c1cncnc1Nc1cc(C)cc(Br)c1. The molecule has 6 heteroatoms. The Hall–Kier alpha value is -1.95. The van der Waals surface area contributed by atoms with Gasteiger partial charge in [0.2, 0.25) is 0 Å². The maximum Gasteiger partial charge on any atom is 0.343 e. The van der Waals surface area contributed by atoms with Gasteiger partial charge in [0.15, 0.2) is 0 Å². The number of esters is 1. The monoisotopic (exact) mass is 321 g/mol. The molecule has 1 aromatic heterocycles. The smallest absolute Gasteiger partial charge is 0.343 e. The van der Waals surface area contributed by atoms with Gasteiger partial charge in [-0.2, -0.15) is 0 Å². The van der Waals surface area contributed by atoms with Crippen molar-refractivity contribution in [2.45, 2.75) is 6.92 Å². The van der Waals surface area contributed by atoms with Crippen molar-refractivity contribution < 1.29 is 9.53 Å². The molecule has 0 spiro atoms. The third kappa shape index (κ3) is 3.29. The number of aryl methyl sites for hydroxylation is 1. The van der Waals surface area contributed by atoms with E-state index in [9.17, 15) is 4.79 Å². The molecule has 2 aromatic rings. The van der Waals surface area contributed by atoms with Crippen molar-refractivity contribution >= 4 is 33.4 Å². The van der Waals surface area contributed by atoms with E-state index in [1.165, 1.54) is 19.6 Å². The highest BCUT2D eigenvalue weighted by molar-refractivity contribution is 9.10. The van der Waals surface area contributed by atoms with E-state index in [0.29, 0.717) is 11.4 Å². The predicted octanol–water partition coefficient (Wildman–Crippen LogP) is 3.08. The summed E-state index contributed by atoms with van der Waals surface area (Å²) in [6.45, 7) is 1.98. The van der Waals surface area contributed by atoms with E-state index in [-0.39, 0.29) is 0 Å². The van der Waals surface area contributed by atoms with Crippen LogP contribution in [0.1, 0.15) is 15.9 Å². The second-order valence-electron chi connectivity index (χ2n) is 3.92. The minimum absolute atomic E-state index is 0.294. The van der Waals surface area contributed by atoms with Gasteiger partial charge in [0.1, 0.15) is 17.7 Å². The van der Waals surface area contributed by atoms with Crippen LogP contribution in [0.4, 0.5) is 11.5 Å². The molecule has 1 N–H and O–H groups in total. The number of aromatic nitrogens is 2. The molecule has 2 rings (SSSR count). The molecule has 1 heterocycles. The zero-order chi connectivity index (χ0) is 13.8. The van der Waals surface area contributed by atoms with E-state index in [4.69, 9.17) is 4.74 Å². The molecule has 0 amide bonds. The number of rotatable bonds is 3. The van der Waals surface area contributed by atoms with Crippen molar-refractivity contribution in [2.75, 3.05) is 12.4 Å². The molecule has 0 bridgehead atoms. The highest BCUT2D eigenvalue weighted by Crippen LogP contribution is 2.23. The molecule has 98 valence electrons. The van der Waals surface area contributed by atoms with Gasteiger partial charge >= 0.3 is 5.97 Å². The van der Waals surface area contributed by atoms with Crippen LogP contribution in [-0.2, 0) is 4.74 Å². The summed E-state index contributed by atoms with van der Waals surface area (Å²) in [6, 6.07) is 5.84. The van der Waals surface area contributed by atoms with Crippen molar-refractivity contribution in [1.29, 1.82) is 0 Å². The summed E-state index contributed by atoms with van der Waals surface area (Å²) in [5.74, 6) is -0.0610. The molecule has 0 saturated heterocycles. The van der Waals surface area contributed by atoms with E-state index >= 15 is 0 Å². The molecule has 0 aliphatic heterocycles. The first-order valence-corrected chi connectivity index (χ1v) is 6.32. The molecule has 0 aliphatic rings. The molecule has 0 atom stereocenters. The number of nitrogens with one attached hydrogen (secondary N) is 1. The molecular formula is C13H12BrN3O2. The average molecular weight is 322 g/mol. The van der Waals surface area contributed by atoms with Gasteiger partial charge in [-0.3, -0.25) is 0 Å². The number of carbonyl (C=O) groups is 1. The normalized spacial score (nSPS) is 10.1. The van der Waals surface area contributed by atoms with Crippen LogP contribution in [0, 0.1) is 6.92 Å². The van der Waals surface area contributed by atoms with Crippen LogP contribution >= 0.6 is 15.9 Å². The molecule has 0 fully saturated rings. The van der Waals surface area contributed by atoms with Gasteiger partial charge in [-0.1, -0.05) is 15.9 Å². The van der Waals surface area contributed by atoms with Crippen LogP contribution < -0.4 is 5.32 Å². The van der Waals surface area contributed by atoms with Gasteiger partial charge in [-0.15, -0.1) is 0 Å². The Balaban J connectivity index is 2.35. The fraction of sp³-hybridized carbons (Fsp3) is 0.154. The summed E-state index contributed by atoms with van der Waals surface area (Å²) in [4.78, 5) is 19.5. The number of benzene rings is 1. The molecule has 0 aliphatic carbocycles. The number of hydrogen-bond acceptors (Lipinski definition) is 5. The quantitative estimate of drug-likeness (QED) is 0.880. The number of anilines is 2. The largest absolute Gasteiger partial charge is 0.465 e. The standard InChI is InChI=1S/C13H12BrN3O2/c1-8-3-9(14)5-10(4-8)17-12-11(13(18)19-2)6-15-7-16-12/h3-7H,1-2H3,(H,15,16,17). The number of hydrogen-bond donors (Lipinski definition) is 1. The Bertz CT molecular complexity index is 596. The van der Waals surface area contributed by atoms with Crippen LogP contribution in [0.25, 0.3) is 0 Å². The summed E-state index contributed by atoms with van der Waals surface area (Å²) in [5, 5.41) is 3.09. The molecule has 19 heavy (non-hydrogen) atoms. The lowest BCUT2D eigenvalue weighted by atomic mass is 10.2. The minimum atomic E-state index is -0.477. The zero-order valence-electron chi connectivity index (χ0n) is 10.5. The van der Waals surface area contributed by atoms with Crippen LogP contribution in [0.3, 0.4) is 0 Å². The van der Waals surface area contributed by atoms with E-state index in [2.05, 4.69) is 31.2 Å². The summed E-state index contributed by atoms with van der Waals surface area (Å²) >= 11 is 3.42. The predicted molar refractivity (Wildman–Crippen MR) is 75.5 cm³/mol. The summed E-state index contributed by atoms with van der Waals surface area (Å²) in [7, 11) is 1.32. The second kappa shape index (κ2) is 5.79. The average Bonchev–Trinajstić information content (AvgIpc) is 2.37. The van der Waals surface area contributed by atoms with E-state index in [1.54, 1.807) is 0 Å². The summed E-state index contributed by atoms with van der Waals surface area (Å²) in [5.41, 5.74) is 2.21. The lowest BCUT2D eigenvalue weighted by Crippen LogP contribution is -2.08. The Morgan fingerprint density at radius 3 is 2.84 bits per heavy atom. The second-order valence-corrected chi connectivity index (χ2v) is 4.83. The number of methoxy groups -OCH3 is 1. The van der Waals surface area contributed by atoms with Crippen molar-refractivity contribution in [1.82, 2.24) is 9.97 Å². The Morgan fingerprint density at radius 1 is 1.37 bits per heavy atom. The Morgan fingerprint density at radius 2 is 2.16 bits per heavy atom. The minimum Gasteiger partial charge on any atom is -0.465 e. The first-order chi connectivity index (χ1) is 9.10. The first-order valence-electron chi connectivity index (χ1n) is 5.52. The highest BCUT2D eigenvalue weighted by Gasteiger charge is 2.13. The Labute approximate surface area is 119 Å². The van der Waals surface area contributed by atoms with Crippen LogP contribution in [-0.4, -0.2) is 23.0 Å². The van der Waals surface area contributed by atoms with Crippen LogP contribution in [0.2, 0.25) is 0 Å². The number of carbonyl (C=O) groups excluding carboxylic acids is 1. The zero-order valence-corrected chi connectivity index (χ0v) is 12.1. The topological polar surface area (TPSA) is 64.1 Å². The van der Waals surface area contributed by atoms with Gasteiger partial charge in [-0.05, 0) is 30.7 Å². The number of ether oxygens (including phenoxy) is 1. The van der Waals surface area contributed by atoms with E-state index in [0.717, 1.165) is 15.7 Å². The molecule has 1 aromatic carbocycles. The lowest BCUT2D eigenvalue weighted by molar-refractivity contribution is 0.0601.